The monoisotopic (exact) mass is 354 g/mol. The summed E-state index contributed by atoms with van der Waals surface area (Å²) < 4.78 is 6.63. The number of rotatable bonds is 3. The molecule has 0 aliphatic heterocycles. The Morgan fingerprint density at radius 3 is 2.17 bits per heavy atom. The van der Waals surface area contributed by atoms with Gasteiger partial charge >= 0.3 is 0 Å². The van der Waals surface area contributed by atoms with Crippen molar-refractivity contribution in [2.24, 2.45) is 22.7 Å². The fourth-order valence-electron chi connectivity index (χ4n) is 5.50. The maximum Gasteiger partial charge on any atom is 0.0673 e. The summed E-state index contributed by atoms with van der Waals surface area (Å²) in [4.78, 5) is 0. The molecule has 0 aromatic carbocycles. The van der Waals surface area contributed by atoms with E-state index >= 15 is 0 Å². The van der Waals surface area contributed by atoms with Crippen molar-refractivity contribution in [1.29, 1.82) is 0 Å². The molecule has 0 amide bonds. The van der Waals surface area contributed by atoms with Crippen molar-refractivity contribution in [2.45, 2.75) is 104 Å². The molecule has 0 heterocycles. The predicted octanol–water partition coefficient (Wildman–Crippen LogP) is 6.00. The number of aliphatic hydroxyl groups is 1. The molecule has 2 aliphatic rings. The van der Waals surface area contributed by atoms with Crippen molar-refractivity contribution in [1.82, 2.24) is 0 Å². The van der Waals surface area contributed by atoms with E-state index in [1.54, 1.807) is 0 Å². The van der Waals surface area contributed by atoms with Gasteiger partial charge in [0.2, 0.25) is 0 Å². The number of hydrogen-bond donors (Lipinski definition) is 1. The largest absolute Gasteiger partial charge is 0.564 e. The lowest BCUT2D eigenvalue weighted by Crippen LogP contribution is -2.59. The van der Waals surface area contributed by atoms with E-state index in [0.717, 1.165) is 19.4 Å². The van der Waals surface area contributed by atoms with E-state index in [-0.39, 0.29) is 16.4 Å². The summed E-state index contributed by atoms with van der Waals surface area (Å²) in [5.74, 6) is 0.949. The first-order valence-electron chi connectivity index (χ1n) is 10.00. The third-order valence-corrected chi connectivity index (χ3v) is 12.7. The van der Waals surface area contributed by atoms with Crippen molar-refractivity contribution in [3.63, 3.8) is 0 Å². The SMILES string of the molecule is CC1(C)CCC[C@]2(C)[C@@H](CO[Si-](C)(C)C(C)(C)C)[C@](C)(O)CC[C@@H]12. The van der Waals surface area contributed by atoms with E-state index in [4.69, 9.17) is 4.43 Å². The minimum Gasteiger partial charge on any atom is -0.564 e. The molecule has 0 spiro atoms. The van der Waals surface area contributed by atoms with Gasteiger partial charge in [0.05, 0.1) is 5.60 Å². The molecule has 0 aromatic rings. The Morgan fingerprint density at radius 1 is 1.04 bits per heavy atom. The Kier molecular flexibility index (Phi) is 5.19. The summed E-state index contributed by atoms with van der Waals surface area (Å²) in [6.45, 7) is 21.7. The van der Waals surface area contributed by atoms with E-state index < -0.39 is 13.9 Å². The maximum absolute atomic E-state index is 11.2. The maximum atomic E-state index is 11.2. The van der Waals surface area contributed by atoms with Crippen LogP contribution >= 0.6 is 0 Å². The normalized spacial score (nSPS) is 40.2. The molecule has 2 nitrogen and oxygen atoms in total. The van der Waals surface area contributed by atoms with Gasteiger partial charge in [0, 0.05) is 12.5 Å². The average Bonchev–Trinajstić information content (AvgIpc) is 2.34. The molecule has 24 heavy (non-hydrogen) atoms. The van der Waals surface area contributed by atoms with Gasteiger partial charge < -0.3 is 9.53 Å². The van der Waals surface area contributed by atoms with Crippen LogP contribution in [0, 0.1) is 22.7 Å². The molecule has 0 saturated heterocycles. The van der Waals surface area contributed by atoms with Crippen molar-refractivity contribution in [3.8, 4) is 0 Å². The van der Waals surface area contributed by atoms with Gasteiger partial charge in [-0.05, 0) is 57.7 Å². The van der Waals surface area contributed by atoms with Crippen LogP contribution in [0.5, 0.6) is 0 Å². The first-order valence-corrected chi connectivity index (χ1v) is 12.9. The lowest BCUT2D eigenvalue weighted by atomic mass is 9.46. The van der Waals surface area contributed by atoms with E-state index in [1.807, 2.05) is 0 Å². The van der Waals surface area contributed by atoms with Crippen LogP contribution in [-0.4, -0.2) is 25.6 Å². The van der Waals surface area contributed by atoms with E-state index in [9.17, 15) is 5.11 Å². The van der Waals surface area contributed by atoms with Gasteiger partial charge in [-0.1, -0.05) is 48.0 Å². The van der Waals surface area contributed by atoms with Gasteiger partial charge in [0.1, 0.15) is 0 Å². The molecular weight excluding hydrogens is 312 g/mol. The first-order chi connectivity index (χ1) is 10.6. The predicted molar refractivity (Wildman–Crippen MR) is 106 cm³/mol. The lowest BCUT2D eigenvalue weighted by molar-refractivity contribution is -0.177. The molecule has 2 saturated carbocycles. The molecule has 0 bridgehead atoms. The van der Waals surface area contributed by atoms with Gasteiger partial charge in [-0.3, -0.25) is 0 Å². The second-order valence-corrected chi connectivity index (χ2v) is 16.2. The number of fused-ring (bicyclic) bond motifs is 1. The van der Waals surface area contributed by atoms with Gasteiger partial charge in [-0.2, -0.15) is 0 Å². The molecule has 2 fully saturated rings. The summed E-state index contributed by atoms with van der Waals surface area (Å²) >= 11 is 0. The Hall–Kier alpha value is 0.137. The Morgan fingerprint density at radius 2 is 1.62 bits per heavy atom. The van der Waals surface area contributed by atoms with E-state index in [0.29, 0.717) is 11.3 Å². The molecule has 4 atom stereocenters. The molecule has 3 heteroatoms. The molecule has 143 valence electrons. The zero-order valence-electron chi connectivity index (χ0n) is 17.8. The van der Waals surface area contributed by atoms with Crippen LogP contribution in [-0.2, 0) is 4.43 Å². The summed E-state index contributed by atoms with van der Waals surface area (Å²) in [7, 11) is -1.79. The van der Waals surface area contributed by atoms with Crippen molar-refractivity contribution in [2.75, 3.05) is 6.61 Å². The van der Waals surface area contributed by atoms with Gasteiger partial charge in [-0.15, -0.1) is 18.1 Å². The molecule has 0 aromatic heterocycles. The van der Waals surface area contributed by atoms with Gasteiger partial charge in [0.15, 0.2) is 0 Å². The highest BCUT2D eigenvalue weighted by Gasteiger charge is 2.57. The van der Waals surface area contributed by atoms with Crippen LogP contribution < -0.4 is 0 Å². The second kappa shape index (κ2) is 6.09. The van der Waals surface area contributed by atoms with Gasteiger partial charge in [0.25, 0.3) is 0 Å². The molecule has 0 radical (unpaired) electrons. The third-order valence-electron chi connectivity index (χ3n) is 8.18. The first kappa shape index (κ1) is 20.4. The summed E-state index contributed by atoms with van der Waals surface area (Å²) in [5, 5.41) is 11.5. The van der Waals surface area contributed by atoms with Crippen molar-refractivity contribution in [3.05, 3.63) is 0 Å². The highest BCUT2D eigenvalue weighted by Crippen LogP contribution is 2.62. The van der Waals surface area contributed by atoms with Crippen molar-refractivity contribution < 1.29 is 9.53 Å². The quantitative estimate of drug-likeness (QED) is 0.630. The van der Waals surface area contributed by atoms with Crippen LogP contribution in [0.2, 0.25) is 18.1 Å². The lowest BCUT2D eigenvalue weighted by Gasteiger charge is -2.62. The second-order valence-electron chi connectivity index (χ2n) is 11.4. The molecule has 1 N–H and O–H groups in total. The minimum absolute atomic E-state index is 0.200. The third kappa shape index (κ3) is 3.50. The Labute approximate surface area is 151 Å². The van der Waals surface area contributed by atoms with Crippen LogP contribution in [0.3, 0.4) is 0 Å². The molecular formula is C21H42O2Si-. The molecule has 2 rings (SSSR count). The molecule has 2 aliphatic carbocycles. The fraction of sp³-hybridized carbons (Fsp3) is 1.00. The zero-order chi connectivity index (χ0) is 18.6. The summed E-state index contributed by atoms with van der Waals surface area (Å²) in [5.41, 5.74) is -0.00831. The topological polar surface area (TPSA) is 29.5 Å². The van der Waals surface area contributed by atoms with E-state index in [2.05, 4.69) is 61.6 Å². The summed E-state index contributed by atoms with van der Waals surface area (Å²) in [6.07, 6.45) is 5.93. The van der Waals surface area contributed by atoms with Crippen LogP contribution in [0.15, 0.2) is 0 Å². The van der Waals surface area contributed by atoms with E-state index in [1.165, 1.54) is 19.3 Å². The van der Waals surface area contributed by atoms with Crippen molar-refractivity contribution >= 4 is 8.32 Å². The number of hydrogen-bond acceptors (Lipinski definition) is 2. The molecule has 0 unspecified atom stereocenters. The Bertz CT molecular complexity index is 461. The van der Waals surface area contributed by atoms with Crippen LogP contribution in [0.4, 0.5) is 0 Å². The zero-order valence-corrected chi connectivity index (χ0v) is 18.8. The fourth-order valence-corrected chi connectivity index (χ4v) is 6.52. The average molecular weight is 355 g/mol. The smallest absolute Gasteiger partial charge is 0.0673 e. The summed E-state index contributed by atoms with van der Waals surface area (Å²) in [6, 6.07) is 0. The minimum atomic E-state index is -1.79. The van der Waals surface area contributed by atoms with Gasteiger partial charge in [-0.25, -0.2) is 0 Å². The standard InChI is InChI=1S/C21H42O2Si/c1-18(2,3)24(8,9)23-15-17-20(6)13-10-12-19(4,5)16(20)11-14-21(17,7)22/h16-17,22H,10-15H2,1-9H3/q-1/t16-,17+,20-,21+/m0/s1. The highest BCUT2D eigenvalue weighted by atomic mass is 28.4. The highest BCUT2D eigenvalue weighted by molar-refractivity contribution is 6.74. The van der Waals surface area contributed by atoms with Crippen LogP contribution in [0.25, 0.3) is 0 Å². The Balaban J connectivity index is 2.27. The van der Waals surface area contributed by atoms with Crippen LogP contribution in [0.1, 0.15) is 80.6 Å².